The van der Waals surface area contributed by atoms with Gasteiger partial charge in [0, 0.05) is 19.1 Å². The molecule has 0 spiro atoms. The summed E-state index contributed by atoms with van der Waals surface area (Å²) < 4.78 is 3.80. The second-order valence-corrected chi connectivity index (χ2v) is 6.20. The van der Waals surface area contributed by atoms with Crippen LogP contribution in [0.1, 0.15) is 42.1 Å². The third-order valence-electron chi connectivity index (χ3n) is 3.36. The van der Waals surface area contributed by atoms with Gasteiger partial charge in [0.05, 0.1) is 11.6 Å². The fourth-order valence-corrected chi connectivity index (χ4v) is 2.97. The summed E-state index contributed by atoms with van der Waals surface area (Å²) >= 11 is 1.12. The highest BCUT2D eigenvalue weighted by Crippen LogP contribution is 2.21. The second kappa shape index (κ2) is 6.30. The Balaban J connectivity index is 2.02. The van der Waals surface area contributed by atoms with Crippen molar-refractivity contribution in [3.8, 4) is 0 Å². The number of nitrogens with one attached hydrogen (secondary N) is 1. The molecule has 6 nitrogen and oxygen atoms in total. The van der Waals surface area contributed by atoms with Gasteiger partial charge in [0.15, 0.2) is 0 Å². The van der Waals surface area contributed by atoms with E-state index in [-0.39, 0.29) is 23.8 Å². The molecule has 20 heavy (non-hydrogen) atoms. The molecule has 2 amide bonds. The summed E-state index contributed by atoms with van der Waals surface area (Å²) in [7, 11) is 0. The SMILES string of the molecule is Cc1nnsc1C(=O)N1CCCC(C(=O)NC(C)C)C1. The van der Waals surface area contributed by atoms with Gasteiger partial charge in [-0.05, 0) is 45.1 Å². The molecule has 1 fully saturated rings. The molecule has 110 valence electrons. The lowest BCUT2D eigenvalue weighted by Gasteiger charge is -2.32. The number of piperidine rings is 1. The predicted octanol–water partition coefficient (Wildman–Crippen LogP) is 1.22. The van der Waals surface area contributed by atoms with Crippen molar-refractivity contribution in [1.29, 1.82) is 0 Å². The Bertz CT molecular complexity index is 500. The maximum atomic E-state index is 12.4. The van der Waals surface area contributed by atoms with Gasteiger partial charge in [-0.2, -0.15) is 0 Å². The Labute approximate surface area is 122 Å². The number of carbonyl (C=O) groups excluding carboxylic acids is 2. The third kappa shape index (κ3) is 3.33. The number of carbonyl (C=O) groups is 2. The van der Waals surface area contributed by atoms with Crippen LogP contribution in [0, 0.1) is 12.8 Å². The number of aromatic nitrogens is 2. The summed E-state index contributed by atoms with van der Waals surface area (Å²) in [6.07, 6.45) is 1.69. The maximum absolute atomic E-state index is 12.4. The second-order valence-electron chi connectivity index (χ2n) is 5.44. The van der Waals surface area contributed by atoms with Gasteiger partial charge in [-0.15, -0.1) is 5.10 Å². The molecule has 1 aliphatic heterocycles. The molecule has 1 aromatic heterocycles. The molecule has 0 aliphatic carbocycles. The standard InChI is InChI=1S/C13H20N4O2S/c1-8(2)14-12(18)10-5-4-6-17(7-10)13(19)11-9(3)15-16-20-11/h8,10H,4-7H2,1-3H3,(H,14,18). The summed E-state index contributed by atoms with van der Waals surface area (Å²) in [5.74, 6) is -0.132. The van der Waals surface area contributed by atoms with Gasteiger partial charge < -0.3 is 10.2 Å². The highest BCUT2D eigenvalue weighted by Gasteiger charge is 2.30. The summed E-state index contributed by atoms with van der Waals surface area (Å²) in [6, 6.07) is 0.126. The molecule has 0 radical (unpaired) electrons. The average molecular weight is 296 g/mol. The van der Waals surface area contributed by atoms with Crippen molar-refractivity contribution in [2.24, 2.45) is 5.92 Å². The Morgan fingerprint density at radius 1 is 1.45 bits per heavy atom. The van der Waals surface area contributed by atoms with E-state index in [9.17, 15) is 9.59 Å². The highest BCUT2D eigenvalue weighted by atomic mass is 32.1. The lowest BCUT2D eigenvalue weighted by atomic mass is 9.96. The summed E-state index contributed by atoms with van der Waals surface area (Å²) in [6.45, 7) is 6.84. The molecule has 1 saturated heterocycles. The van der Waals surface area contributed by atoms with Crippen molar-refractivity contribution in [3.05, 3.63) is 10.6 Å². The van der Waals surface area contributed by atoms with Gasteiger partial charge in [-0.3, -0.25) is 9.59 Å². The molecule has 1 atom stereocenters. The molecule has 2 rings (SSSR count). The van der Waals surface area contributed by atoms with Gasteiger partial charge in [-0.1, -0.05) is 4.49 Å². The van der Waals surface area contributed by atoms with Crippen molar-refractivity contribution in [3.63, 3.8) is 0 Å². The van der Waals surface area contributed by atoms with Crippen LogP contribution in [0.2, 0.25) is 0 Å². The summed E-state index contributed by atoms with van der Waals surface area (Å²) in [5, 5.41) is 6.79. The molecular formula is C13H20N4O2S. The zero-order chi connectivity index (χ0) is 14.7. The topological polar surface area (TPSA) is 75.2 Å². The molecular weight excluding hydrogens is 276 g/mol. The minimum absolute atomic E-state index is 0.0386. The first-order valence-corrected chi connectivity index (χ1v) is 7.65. The van der Waals surface area contributed by atoms with Crippen molar-refractivity contribution >= 4 is 23.3 Å². The molecule has 0 bridgehead atoms. The van der Waals surface area contributed by atoms with Crippen LogP contribution in [0.4, 0.5) is 0 Å². The van der Waals surface area contributed by atoms with Crippen LogP contribution in [-0.2, 0) is 4.79 Å². The summed E-state index contributed by atoms with van der Waals surface area (Å²) in [5.41, 5.74) is 0.661. The fraction of sp³-hybridized carbons (Fsp3) is 0.692. The molecule has 1 N–H and O–H groups in total. The number of rotatable bonds is 3. The van der Waals surface area contributed by atoms with Gasteiger partial charge >= 0.3 is 0 Å². The predicted molar refractivity (Wildman–Crippen MR) is 76.6 cm³/mol. The van der Waals surface area contributed by atoms with E-state index in [4.69, 9.17) is 0 Å². The molecule has 2 heterocycles. The number of hydrogen-bond acceptors (Lipinski definition) is 5. The molecule has 1 aromatic rings. The molecule has 0 saturated carbocycles. The van der Waals surface area contributed by atoms with Crippen molar-refractivity contribution in [2.45, 2.75) is 39.7 Å². The number of amides is 2. The Morgan fingerprint density at radius 3 is 2.80 bits per heavy atom. The van der Waals surface area contributed by atoms with E-state index in [1.165, 1.54) is 0 Å². The van der Waals surface area contributed by atoms with Crippen LogP contribution in [0.25, 0.3) is 0 Å². The van der Waals surface area contributed by atoms with Crippen molar-refractivity contribution < 1.29 is 9.59 Å². The molecule has 7 heteroatoms. The van der Waals surface area contributed by atoms with Crippen LogP contribution >= 0.6 is 11.5 Å². The van der Waals surface area contributed by atoms with Crippen LogP contribution < -0.4 is 5.32 Å². The zero-order valence-electron chi connectivity index (χ0n) is 12.0. The van der Waals surface area contributed by atoms with Crippen molar-refractivity contribution in [1.82, 2.24) is 19.8 Å². The van der Waals surface area contributed by atoms with Gasteiger partial charge in [0.2, 0.25) is 5.91 Å². The first kappa shape index (κ1) is 14.9. The molecule has 0 aromatic carbocycles. The fourth-order valence-electron chi connectivity index (χ4n) is 2.35. The lowest BCUT2D eigenvalue weighted by Crippen LogP contribution is -2.46. The minimum Gasteiger partial charge on any atom is -0.354 e. The van der Waals surface area contributed by atoms with Crippen LogP contribution in [0.15, 0.2) is 0 Å². The van der Waals surface area contributed by atoms with Crippen LogP contribution in [0.5, 0.6) is 0 Å². The van der Waals surface area contributed by atoms with E-state index < -0.39 is 0 Å². The van der Waals surface area contributed by atoms with Crippen LogP contribution in [-0.4, -0.2) is 45.4 Å². The largest absolute Gasteiger partial charge is 0.354 e. The third-order valence-corrected chi connectivity index (χ3v) is 4.17. The zero-order valence-corrected chi connectivity index (χ0v) is 12.9. The number of hydrogen-bond donors (Lipinski definition) is 1. The van der Waals surface area contributed by atoms with E-state index >= 15 is 0 Å². The highest BCUT2D eigenvalue weighted by molar-refractivity contribution is 7.07. The number of aryl methyl sites for hydroxylation is 1. The minimum atomic E-state index is -0.115. The van der Waals surface area contributed by atoms with Gasteiger partial charge in [0.1, 0.15) is 4.88 Å². The molecule has 1 unspecified atom stereocenters. The molecule has 1 aliphatic rings. The van der Waals surface area contributed by atoms with Crippen molar-refractivity contribution in [2.75, 3.05) is 13.1 Å². The Hall–Kier alpha value is -1.50. The first-order valence-electron chi connectivity index (χ1n) is 6.87. The van der Waals surface area contributed by atoms with E-state index in [1.54, 1.807) is 11.8 Å². The smallest absolute Gasteiger partial charge is 0.267 e. The van der Waals surface area contributed by atoms with E-state index in [0.29, 0.717) is 23.7 Å². The van der Waals surface area contributed by atoms with E-state index in [1.807, 2.05) is 13.8 Å². The van der Waals surface area contributed by atoms with Gasteiger partial charge in [0.25, 0.3) is 5.91 Å². The number of likely N-dealkylation sites (tertiary alicyclic amines) is 1. The Kier molecular flexibility index (Phi) is 4.69. The van der Waals surface area contributed by atoms with E-state index in [2.05, 4.69) is 14.9 Å². The monoisotopic (exact) mass is 296 g/mol. The Morgan fingerprint density at radius 2 is 2.20 bits per heavy atom. The van der Waals surface area contributed by atoms with E-state index in [0.717, 1.165) is 24.4 Å². The first-order chi connectivity index (χ1) is 9.49. The quantitative estimate of drug-likeness (QED) is 0.910. The lowest BCUT2D eigenvalue weighted by molar-refractivity contribution is -0.126. The average Bonchev–Trinajstić information content (AvgIpc) is 2.83. The summed E-state index contributed by atoms with van der Waals surface area (Å²) in [4.78, 5) is 26.8. The van der Waals surface area contributed by atoms with Gasteiger partial charge in [-0.25, -0.2) is 0 Å². The maximum Gasteiger partial charge on any atom is 0.267 e. The normalized spacial score (nSPS) is 19.2. The van der Waals surface area contributed by atoms with Crippen LogP contribution in [0.3, 0.4) is 0 Å². The number of nitrogens with zero attached hydrogens (tertiary/aromatic N) is 3.